The minimum Gasteiger partial charge on any atom is -0.360 e. The number of amides is 1. The molecule has 2 aromatic heterocycles. The van der Waals surface area contributed by atoms with Crippen molar-refractivity contribution in [1.82, 2.24) is 14.9 Å². The molecule has 0 fully saturated rings. The Hall–Kier alpha value is -2.93. The van der Waals surface area contributed by atoms with Crippen LogP contribution >= 0.6 is 0 Å². The van der Waals surface area contributed by atoms with E-state index in [4.69, 9.17) is 9.26 Å². The van der Waals surface area contributed by atoms with Crippen molar-refractivity contribution in [3.63, 3.8) is 0 Å². The maximum atomic E-state index is 12.2. The molecule has 124 valence electrons. The van der Waals surface area contributed by atoms with Crippen molar-refractivity contribution in [1.29, 1.82) is 0 Å². The zero-order valence-electron chi connectivity index (χ0n) is 13.5. The summed E-state index contributed by atoms with van der Waals surface area (Å²) >= 11 is 0. The lowest BCUT2D eigenvalue weighted by molar-refractivity contribution is 0.0792. The predicted molar refractivity (Wildman–Crippen MR) is 88.5 cm³/mol. The Morgan fingerprint density at radius 3 is 2.88 bits per heavy atom. The van der Waals surface area contributed by atoms with E-state index in [-0.39, 0.29) is 11.6 Å². The van der Waals surface area contributed by atoms with Gasteiger partial charge in [-0.1, -0.05) is 35.0 Å². The smallest absolute Gasteiger partial charge is 0.277 e. The number of ether oxygens (including phenoxy) is 1. The highest BCUT2D eigenvalue weighted by Crippen LogP contribution is 2.21. The molecule has 7 heteroatoms. The molecule has 0 unspecified atom stereocenters. The summed E-state index contributed by atoms with van der Waals surface area (Å²) in [5, 5.41) is 10.7. The van der Waals surface area contributed by atoms with Gasteiger partial charge < -0.3 is 14.6 Å². The summed E-state index contributed by atoms with van der Waals surface area (Å²) in [4.78, 5) is 12.2. The van der Waals surface area contributed by atoms with Crippen molar-refractivity contribution < 1.29 is 14.1 Å². The van der Waals surface area contributed by atoms with Crippen LogP contribution in [0.3, 0.4) is 0 Å². The average Bonchev–Trinajstić information content (AvgIpc) is 3.23. The van der Waals surface area contributed by atoms with Crippen LogP contribution in [0.5, 0.6) is 0 Å². The number of aromatic nitrogens is 3. The minimum absolute atomic E-state index is 0.211. The van der Waals surface area contributed by atoms with Gasteiger partial charge in [0.1, 0.15) is 6.73 Å². The maximum Gasteiger partial charge on any atom is 0.277 e. The summed E-state index contributed by atoms with van der Waals surface area (Å²) in [6.45, 7) is 4.85. The molecule has 2 heterocycles. The van der Waals surface area contributed by atoms with Crippen LogP contribution in [0.2, 0.25) is 0 Å². The first-order valence-electron chi connectivity index (χ1n) is 7.61. The quantitative estimate of drug-likeness (QED) is 0.752. The number of aryl methyl sites for hydroxylation is 1. The van der Waals surface area contributed by atoms with Crippen LogP contribution < -0.4 is 5.32 Å². The number of carbonyl (C=O) groups is 1. The van der Waals surface area contributed by atoms with Crippen LogP contribution in [0.25, 0.3) is 11.3 Å². The molecule has 0 aliphatic rings. The van der Waals surface area contributed by atoms with Gasteiger partial charge in [0.25, 0.3) is 5.91 Å². The molecule has 1 N–H and O–H groups in total. The average molecular weight is 326 g/mol. The molecule has 7 nitrogen and oxygen atoms in total. The molecule has 0 bridgehead atoms. The molecule has 3 rings (SSSR count). The van der Waals surface area contributed by atoms with E-state index in [9.17, 15) is 4.79 Å². The molecular weight excluding hydrogens is 308 g/mol. The predicted octanol–water partition coefficient (Wildman–Crippen LogP) is 3.09. The highest BCUT2D eigenvalue weighted by molar-refractivity contribution is 6.03. The van der Waals surface area contributed by atoms with Crippen LogP contribution in [-0.2, 0) is 11.5 Å². The van der Waals surface area contributed by atoms with Crippen molar-refractivity contribution in [3.05, 3.63) is 54.0 Å². The molecule has 1 amide bonds. The van der Waals surface area contributed by atoms with Gasteiger partial charge in [-0.05, 0) is 13.8 Å². The molecule has 0 aliphatic carbocycles. The van der Waals surface area contributed by atoms with Crippen LogP contribution in [0.15, 0.2) is 47.2 Å². The fourth-order valence-electron chi connectivity index (χ4n) is 2.11. The Bertz CT molecular complexity index is 820. The van der Waals surface area contributed by atoms with Crippen molar-refractivity contribution >= 4 is 11.6 Å². The summed E-state index contributed by atoms with van der Waals surface area (Å²) in [5.74, 6) is 0.195. The van der Waals surface area contributed by atoms with E-state index in [0.717, 1.165) is 11.1 Å². The van der Waals surface area contributed by atoms with Crippen LogP contribution in [0, 0.1) is 6.92 Å². The van der Waals surface area contributed by atoms with Crippen molar-refractivity contribution in [2.75, 3.05) is 11.9 Å². The molecule has 0 saturated carbocycles. The Morgan fingerprint density at radius 2 is 2.12 bits per heavy atom. The lowest BCUT2D eigenvalue weighted by atomic mass is 10.1. The SMILES string of the molecule is CCOCn1cc(NC(=O)c2cc(-c3ccc(C)cc3)on2)cn1. The van der Waals surface area contributed by atoms with E-state index in [2.05, 4.69) is 15.6 Å². The van der Waals surface area contributed by atoms with Gasteiger partial charge in [-0.25, -0.2) is 4.68 Å². The standard InChI is InChI=1S/C17H18N4O3/c1-3-23-11-21-10-14(9-18-21)19-17(22)15-8-16(24-20-15)13-6-4-12(2)5-7-13/h4-10H,3,11H2,1-2H3,(H,19,22). The van der Waals surface area contributed by atoms with Gasteiger partial charge in [0, 0.05) is 18.2 Å². The molecule has 0 aliphatic heterocycles. The topological polar surface area (TPSA) is 82.2 Å². The summed E-state index contributed by atoms with van der Waals surface area (Å²) in [6.07, 6.45) is 3.24. The first kappa shape index (κ1) is 15.9. The second kappa shape index (κ2) is 7.10. The van der Waals surface area contributed by atoms with Crippen LogP contribution in [0.1, 0.15) is 23.0 Å². The molecule has 3 aromatic rings. The van der Waals surface area contributed by atoms with Gasteiger partial charge in [-0.3, -0.25) is 4.79 Å². The van der Waals surface area contributed by atoms with E-state index >= 15 is 0 Å². The number of hydrogen-bond donors (Lipinski definition) is 1. The lowest BCUT2D eigenvalue weighted by Gasteiger charge is -2.00. The van der Waals surface area contributed by atoms with Gasteiger partial charge in [-0.15, -0.1) is 0 Å². The fraction of sp³-hybridized carbons (Fsp3) is 0.235. The van der Waals surface area contributed by atoms with Gasteiger partial charge >= 0.3 is 0 Å². The van der Waals surface area contributed by atoms with Crippen molar-refractivity contribution in [3.8, 4) is 11.3 Å². The zero-order chi connectivity index (χ0) is 16.9. The number of rotatable bonds is 6. The molecule has 0 spiro atoms. The van der Waals surface area contributed by atoms with Crippen LogP contribution in [-0.4, -0.2) is 27.5 Å². The third-order valence-electron chi connectivity index (χ3n) is 3.40. The van der Waals surface area contributed by atoms with E-state index < -0.39 is 0 Å². The van der Waals surface area contributed by atoms with Gasteiger partial charge in [0.15, 0.2) is 11.5 Å². The second-order valence-electron chi connectivity index (χ2n) is 5.29. The van der Waals surface area contributed by atoms with E-state index in [1.54, 1.807) is 23.1 Å². The Kier molecular flexibility index (Phi) is 4.72. The number of anilines is 1. The van der Waals surface area contributed by atoms with Crippen LogP contribution in [0.4, 0.5) is 5.69 Å². The summed E-state index contributed by atoms with van der Waals surface area (Å²) in [7, 11) is 0. The number of hydrogen-bond acceptors (Lipinski definition) is 5. The van der Waals surface area contributed by atoms with Crippen molar-refractivity contribution in [2.45, 2.75) is 20.6 Å². The monoisotopic (exact) mass is 326 g/mol. The van der Waals surface area contributed by atoms with Gasteiger partial charge in [0.05, 0.1) is 18.1 Å². The summed E-state index contributed by atoms with van der Waals surface area (Å²) < 4.78 is 12.1. The summed E-state index contributed by atoms with van der Waals surface area (Å²) in [6, 6.07) is 9.42. The Balaban J connectivity index is 1.67. The first-order chi connectivity index (χ1) is 11.7. The number of nitrogens with one attached hydrogen (secondary N) is 1. The normalized spacial score (nSPS) is 10.8. The highest BCUT2D eigenvalue weighted by atomic mass is 16.5. The summed E-state index contributed by atoms with van der Waals surface area (Å²) in [5.41, 5.74) is 2.81. The molecular formula is C17H18N4O3. The third-order valence-corrected chi connectivity index (χ3v) is 3.40. The molecule has 0 atom stereocenters. The zero-order valence-corrected chi connectivity index (χ0v) is 13.5. The number of carbonyl (C=O) groups excluding carboxylic acids is 1. The van der Waals surface area contributed by atoms with E-state index in [1.807, 2.05) is 38.1 Å². The Labute approximate surface area is 139 Å². The van der Waals surface area contributed by atoms with E-state index in [1.165, 1.54) is 0 Å². The van der Waals surface area contributed by atoms with Gasteiger partial charge in [-0.2, -0.15) is 5.10 Å². The minimum atomic E-state index is -0.354. The molecule has 24 heavy (non-hydrogen) atoms. The Morgan fingerprint density at radius 1 is 1.33 bits per heavy atom. The molecule has 0 radical (unpaired) electrons. The molecule has 0 saturated heterocycles. The maximum absolute atomic E-state index is 12.2. The first-order valence-corrected chi connectivity index (χ1v) is 7.61. The lowest BCUT2D eigenvalue weighted by Crippen LogP contribution is -2.11. The number of nitrogens with zero attached hydrogens (tertiary/aromatic N) is 3. The fourth-order valence-corrected chi connectivity index (χ4v) is 2.11. The van der Waals surface area contributed by atoms with E-state index in [0.29, 0.717) is 24.8 Å². The second-order valence-corrected chi connectivity index (χ2v) is 5.29. The van der Waals surface area contributed by atoms with Gasteiger partial charge in [0.2, 0.25) is 0 Å². The molecule has 1 aromatic carbocycles. The van der Waals surface area contributed by atoms with Crippen molar-refractivity contribution in [2.24, 2.45) is 0 Å². The highest BCUT2D eigenvalue weighted by Gasteiger charge is 2.14. The largest absolute Gasteiger partial charge is 0.360 e. The third kappa shape index (κ3) is 3.69. The number of benzene rings is 1.